The van der Waals surface area contributed by atoms with Gasteiger partial charge in [0.2, 0.25) is 0 Å². The molecule has 2 aliphatic rings. The molecule has 2 fully saturated rings. The van der Waals surface area contributed by atoms with Crippen molar-refractivity contribution in [2.45, 2.75) is 15.3 Å². The van der Waals surface area contributed by atoms with Crippen LogP contribution < -0.4 is 10.6 Å². The molecule has 5 heteroatoms. The highest BCUT2D eigenvalue weighted by atomic mass is 127. The molecule has 3 unspecified atom stereocenters. The fourth-order valence-electron chi connectivity index (χ4n) is 1.24. The van der Waals surface area contributed by atoms with Gasteiger partial charge in [0.25, 0.3) is 0 Å². The first-order valence-electron chi connectivity index (χ1n) is 3.10. The van der Waals surface area contributed by atoms with Crippen LogP contribution >= 0.6 is 34.4 Å². The van der Waals surface area contributed by atoms with E-state index in [-0.39, 0.29) is 6.03 Å². The zero-order valence-corrected chi connectivity index (χ0v) is 8.11. The highest BCUT2D eigenvalue weighted by Gasteiger charge is 2.41. The van der Waals surface area contributed by atoms with Gasteiger partial charge >= 0.3 is 6.03 Å². The first-order chi connectivity index (χ1) is 4.77. The van der Waals surface area contributed by atoms with Crippen LogP contribution in [0.3, 0.4) is 0 Å². The van der Waals surface area contributed by atoms with Crippen LogP contribution in [-0.4, -0.2) is 27.1 Å². The van der Waals surface area contributed by atoms with Gasteiger partial charge < -0.3 is 10.6 Å². The lowest BCUT2D eigenvalue weighted by molar-refractivity contribution is 0.247. The summed E-state index contributed by atoms with van der Waals surface area (Å²) in [6, 6.07) is 0.731. The number of amides is 2. The number of hydrogen-bond donors (Lipinski definition) is 2. The average Bonchev–Trinajstić information content (AvgIpc) is 2.35. The molecule has 2 amide bonds. The molecule has 2 rings (SSSR count). The Hall–Kier alpha value is 0.350. The van der Waals surface area contributed by atoms with E-state index in [9.17, 15) is 4.79 Å². The Labute approximate surface area is 76.8 Å². The maximum atomic E-state index is 10.8. The maximum Gasteiger partial charge on any atom is 0.315 e. The fraction of sp³-hybridized carbons (Fsp3) is 0.800. The standard InChI is InChI=1S/C5H7IN2OS/c6-4-3-2(1-10-4)7-5(9)8-3/h2-4H,1H2,(H2,7,8,9). The van der Waals surface area contributed by atoms with Crippen molar-refractivity contribution in [3.63, 3.8) is 0 Å². The summed E-state index contributed by atoms with van der Waals surface area (Å²) in [6.45, 7) is 0. The zero-order valence-electron chi connectivity index (χ0n) is 5.13. The van der Waals surface area contributed by atoms with E-state index in [1.807, 2.05) is 11.8 Å². The van der Waals surface area contributed by atoms with Gasteiger partial charge in [-0.05, 0) is 0 Å². The van der Waals surface area contributed by atoms with Gasteiger partial charge in [-0.15, -0.1) is 11.8 Å². The lowest BCUT2D eigenvalue weighted by atomic mass is 10.2. The van der Waals surface area contributed by atoms with Crippen molar-refractivity contribution in [3.8, 4) is 0 Å². The molecule has 0 radical (unpaired) electrons. The second-order valence-electron chi connectivity index (χ2n) is 2.43. The van der Waals surface area contributed by atoms with Crippen LogP contribution in [0.15, 0.2) is 0 Å². The molecule has 10 heavy (non-hydrogen) atoms. The molecule has 56 valence electrons. The van der Waals surface area contributed by atoms with Gasteiger partial charge in [0.1, 0.15) is 0 Å². The molecular weight excluding hydrogens is 263 g/mol. The molecule has 0 aromatic carbocycles. The molecule has 3 atom stereocenters. The summed E-state index contributed by atoms with van der Waals surface area (Å²) in [4.78, 5) is 10.8. The molecule has 0 bridgehead atoms. The Balaban J connectivity index is 2.12. The molecule has 2 N–H and O–H groups in total. The SMILES string of the molecule is O=C1NC2CSC(I)C2N1. The quantitative estimate of drug-likeness (QED) is 0.383. The molecule has 0 aliphatic carbocycles. The van der Waals surface area contributed by atoms with E-state index in [1.165, 1.54) is 0 Å². The number of fused-ring (bicyclic) bond motifs is 1. The van der Waals surface area contributed by atoms with Crippen molar-refractivity contribution >= 4 is 40.4 Å². The number of thioether (sulfide) groups is 1. The van der Waals surface area contributed by atoms with Gasteiger partial charge in [0.05, 0.1) is 15.3 Å². The van der Waals surface area contributed by atoms with Crippen LogP contribution in [0.2, 0.25) is 0 Å². The Morgan fingerprint density at radius 2 is 2.40 bits per heavy atom. The summed E-state index contributed by atoms with van der Waals surface area (Å²) in [7, 11) is 0. The molecule has 3 nitrogen and oxygen atoms in total. The van der Waals surface area contributed by atoms with Gasteiger partial charge in [-0.1, -0.05) is 22.6 Å². The number of carbonyl (C=O) groups excluding carboxylic acids is 1. The molecule has 2 heterocycles. The van der Waals surface area contributed by atoms with Crippen molar-refractivity contribution < 1.29 is 4.79 Å². The summed E-state index contributed by atoms with van der Waals surface area (Å²) in [5.41, 5.74) is 0. The summed E-state index contributed by atoms with van der Waals surface area (Å²) in [5.74, 6) is 1.05. The summed E-state index contributed by atoms with van der Waals surface area (Å²) in [5, 5.41) is 5.76. The molecule has 0 aromatic rings. The van der Waals surface area contributed by atoms with Gasteiger partial charge in [0, 0.05) is 5.75 Å². The zero-order chi connectivity index (χ0) is 7.14. The Bertz CT molecular complexity index is 177. The highest BCUT2D eigenvalue weighted by Crippen LogP contribution is 2.33. The minimum Gasteiger partial charge on any atom is -0.332 e. The van der Waals surface area contributed by atoms with Gasteiger partial charge in [-0.2, -0.15) is 0 Å². The maximum absolute atomic E-state index is 10.8. The number of alkyl halides is 1. The van der Waals surface area contributed by atoms with Crippen LogP contribution in [0.4, 0.5) is 4.79 Å². The number of halogens is 1. The first-order valence-corrected chi connectivity index (χ1v) is 5.39. The molecule has 2 aliphatic heterocycles. The van der Waals surface area contributed by atoms with E-state index in [1.54, 1.807) is 0 Å². The monoisotopic (exact) mass is 270 g/mol. The lowest BCUT2D eigenvalue weighted by Gasteiger charge is -2.08. The minimum atomic E-state index is -0.00281. The van der Waals surface area contributed by atoms with Crippen LogP contribution in [-0.2, 0) is 0 Å². The number of hydrogen-bond acceptors (Lipinski definition) is 2. The molecule has 2 saturated heterocycles. The number of urea groups is 1. The minimum absolute atomic E-state index is 0.00281. The van der Waals surface area contributed by atoms with E-state index in [0.717, 1.165) is 5.75 Å². The number of carbonyl (C=O) groups is 1. The van der Waals surface area contributed by atoms with E-state index >= 15 is 0 Å². The molecular formula is C5H7IN2OS. The van der Waals surface area contributed by atoms with Crippen molar-refractivity contribution in [2.75, 3.05) is 5.75 Å². The predicted octanol–water partition coefficient (Wildman–Crippen LogP) is 0.544. The van der Waals surface area contributed by atoms with E-state index < -0.39 is 0 Å². The summed E-state index contributed by atoms with van der Waals surface area (Å²) >= 11 is 4.27. The second-order valence-corrected chi connectivity index (χ2v) is 5.80. The van der Waals surface area contributed by atoms with Crippen molar-refractivity contribution in [1.29, 1.82) is 0 Å². The Morgan fingerprint density at radius 3 is 3.10 bits per heavy atom. The Morgan fingerprint density at radius 1 is 1.60 bits per heavy atom. The third kappa shape index (κ3) is 0.990. The third-order valence-electron chi connectivity index (χ3n) is 1.77. The van der Waals surface area contributed by atoms with E-state index in [2.05, 4.69) is 33.2 Å². The van der Waals surface area contributed by atoms with Crippen LogP contribution in [0, 0.1) is 0 Å². The van der Waals surface area contributed by atoms with Crippen molar-refractivity contribution in [2.24, 2.45) is 0 Å². The second kappa shape index (κ2) is 2.44. The molecule has 0 saturated carbocycles. The van der Waals surface area contributed by atoms with Crippen LogP contribution in [0.25, 0.3) is 0 Å². The van der Waals surface area contributed by atoms with Gasteiger partial charge in [-0.3, -0.25) is 0 Å². The normalized spacial score (nSPS) is 44.5. The van der Waals surface area contributed by atoms with E-state index in [4.69, 9.17) is 0 Å². The summed E-state index contributed by atoms with van der Waals surface area (Å²) in [6.07, 6.45) is 0. The van der Waals surface area contributed by atoms with E-state index in [0.29, 0.717) is 15.3 Å². The topological polar surface area (TPSA) is 41.1 Å². The predicted molar refractivity (Wildman–Crippen MR) is 49.5 cm³/mol. The van der Waals surface area contributed by atoms with Gasteiger partial charge in [-0.25, -0.2) is 4.79 Å². The third-order valence-corrected chi connectivity index (χ3v) is 4.78. The Kier molecular flexibility index (Phi) is 1.71. The van der Waals surface area contributed by atoms with Crippen LogP contribution in [0.1, 0.15) is 0 Å². The fourth-order valence-corrected chi connectivity index (χ4v) is 3.70. The van der Waals surface area contributed by atoms with Crippen LogP contribution in [0.5, 0.6) is 0 Å². The van der Waals surface area contributed by atoms with Crippen molar-refractivity contribution in [1.82, 2.24) is 10.6 Å². The molecule has 0 aromatic heterocycles. The van der Waals surface area contributed by atoms with Gasteiger partial charge in [0.15, 0.2) is 0 Å². The lowest BCUT2D eigenvalue weighted by Crippen LogP contribution is -2.34. The number of rotatable bonds is 0. The number of nitrogens with one attached hydrogen (secondary N) is 2. The highest BCUT2D eigenvalue weighted by molar-refractivity contribution is 14.1. The van der Waals surface area contributed by atoms with Crippen molar-refractivity contribution in [3.05, 3.63) is 0 Å². The summed E-state index contributed by atoms with van der Waals surface area (Å²) < 4.78 is 0.543. The largest absolute Gasteiger partial charge is 0.332 e. The average molecular weight is 270 g/mol. The smallest absolute Gasteiger partial charge is 0.315 e. The first kappa shape index (κ1) is 7.02. The molecule has 0 spiro atoms.